The van der Waals surface area contributed by atoms with Gasteiger partial charge in [-0.15, -0.1) is 0 Å². The molecule has 1 aromatic carbocycles. The van der Waals surface area contributed by atoms with Crippen molar-refractivity contribution in [1.82, 2.24) is 29.7 Å². The highest BCUT2D eigenvalue weighted by Crippen LogP contribution is 2.41. The van der Waals surface area contributed by atoms with Gasteiger partial charge in [-0.1, -0.05) is 43.0 Å². The van der Waals surface area contributed by atoms with Crippen molar-refractivity contribution < 1.29 is 4.79 Å². The number of hydrogen-bond donors (Lipinski definition) is 1. The second kappa shape index (κ2) is 10.9. The van der Waals surface area contributed by atoms with E-state index in [0.717, 1.165) is 59.9 Å². The van der Waals surface area contributed by atoms with Crippen molar-refractivity contribution in [3.8, 4) is 0 Å². The first-order valence-electron chi connectivity index (χ1n) is 13.8. The summed E-state index contributed by atoms with van der Waals surface area (Å²) in [6, 6.07) is 10.8. The smallest absolute Gasteiger partial charge is 0.317 e. The van der Waals surface area contributed by atoms with Crippen LogP contribution in [0.1, 0.15) is 66.2 Å². The summed E-state index contributed by atoms with van der Waals surface area (Å²) < 4.78 is 2.06. The first kappa shape index (κ1) is 25.1. The normalized spacial score (nSPS) is 20.3. The number of imidazole rings is 1. The van der Waals surface area contributed by atoms with Crippen LogP contribution in [0.3, 0.4) is 0 Å². The quantitative estimate of drug-likeness (QED) is 0.496. The number of nitrogens with zero attached hydrogens (tertiary/aromatic N) is 5. The molecule has 3 aliphatic rings. The lowest BCUT2D eigenvalue weighted by atomic mass is 9.92. The number of halogens is 1. The minimum Gasteiger partial charge on any atom is -0.337 e. The maximum absolute atomic E-state index is 13.0. The Labute approximate surface area is 229 Å². The number of amides is 2. The van der Waals surface area contributed by atoms with Crippen LogP contribution in [0, 0.1) is 0 Å². The lowest BCUT2D eigenvalue weighted by Crippen LogP contribution is -2.54. The van der Waals surface area contributed by atoms with Crippen LogP contribution >= 0.6 is 11.6 Å². The SMILES string of the molecule is Cn1cncc1CC1=Cc2cccnc2[C@@H](N2CCN(C(=O)NC3CCCCC3)CC2)c2ccc(Cl)cc21. The fraction of sp³-hybridized carbons (Fsp3) is 0.433. The van der Waals surface area contributed by atoms with Gasteiger partial charge in [-0.25, -0.2) is 9.78 Å². The molecule has 0 bridgehead atoms. The van der Waals surface area contributed by atoms with Gasteiger partial charge < -0.3 is 14.8 Å². The van der Waals surface area contributed by atoms with Gasteiger partial charge in [0.2, 0.25) is 0 Å². The number of hydrogen-bond acceptors (Lipinski definition) is 4. The van der Waals surface area contributed by atoms with Crippen molar-refractivity contribution in [2.75, 3.05) is 26.2 Å². The minimum atomic E-state index is -0.0118. The third kappa shape index (κ3) is 5.09. The Bertz CT molecular complexity index is 1340. The van der Waals surface area contributed by atoms with Gasteiger partial charge in [0, 0.05) is 68.8 Å². The number of aromatic nitrogens is 3. The van der Waals surface area contributed by atoms with E-state index in [1.807, 2.05) is 42.8 Å². The van der Waals surface area contributed by atoms with Gasteiger partial charge in [0.05, 0.1) is 18.1 Å². The Morgan fingerprint density at radius 2 is 1.92 bits per heavy atom. The van der Waals surface area contributed by atoms with E-state index >= 15 is 0 Å². The van der Waals surface area contributed by atoms with E-state index in [4.69, 9.17) is 16.6 Å². The Kier molecular flexibility index (Phi) is 7.22. The Hall–Kier alpha value is -3.16. The highest BCUT2D eigenvalue weighted by molar-refractivity contribution is 6.30. The van der Waals surface area contributed by atoms with Crippen LogP contribution in [0.5, 0.6) is 0 Å². The molecular formula is C30H35ClN6O. The lowest BCUT2D eigenvalue weighted by molar-refractivity contribution is 0.116. The van der Waals surface area contributed by atoms with E-state index in [1.54, 1.807) is 0 Å². The van der Waals surface area contributed by atoms with Gasteiger partial charge in [0.15, 0.2) is 0 Å². The number of carbonyl (C=O) groups excluding carboxylic acids is 1. The second-order valence-electron chi connectivity index (χ2n) is 10.8. The van der Waals surface area contributed by atoms with Gasteiger partial charge in [0.1, 0.15) is 0 Å². The monoisotopic (exact) mass is 530 g/mol. The minimum absolute atomic E-state index is 0.0118. The van der Waals surface area contributed by atoms with Gasteiger partial charge in [-0.05, 0) is 59.4 Å². The van der Waals surface area contributed by atoms with Gasteiger partial charge >= 0.3 is 6.03 Å². The number of rotatable bonds is 4. The van der Waals surface area contributed by atoms with Crippen molar-refractivity contribution in [3.63, 3.8) is 0 Å². The number of allylic oxidation sites excluding steroid dienone is 1. The van der Waals surface area contributed by atoms with E-state index < -0.39 is 0 Å². The summed E-state index contributed by atoms with van der Waals surface area (Å²) in [6.07, 6.45) is 14.6. The molecule has 0 radical (unpaired) electrons. The van der Waals surface area contributed by atoms with Crippen molar-refractivity contribution in [2.24, 2.45) is 7.05 Å². The standard InChI is InChI=1S/C30H35ClN6O/c1-35-20-32-19-25(35)17-22-16-21-6-5-11-33-28(21)29(26-10-9-23(31)18-27(22)26)36-12-14-37(15-13-36)30(38)34-24-7-3-2-4-8-24/h5-6,9-11,16,18-20,24,29H,2-4,7-8,12-15,17H2,1H3,(H,34,38)/t29-/m0/s1. The van der Waals surface area contributed by atoms with E-state index in [-0.39, 0.29) is 12.1 Å². The van der Waals surface area contributed by atoms with Crippen molar-refractivity contribution in [3.05, 3.63) is 82.2 Å². The van der Waals surface area contributed by atoms with Crippen LogP contribution in [-0.4, -0.2) is 62.6 Å². The number of pyridine rings is 1. The summed E-state index contributed by atoms with van der Waals surface area (Å²) in [6.45, 7) is 2.99. The molecule has 1 N–H and O–H groups in total. The molecule has 8 heteroatoms. The third-order valence-corrected chi connectivity index (χ3v) is 8.54. The largest absolute Gasteiger partial charge is 0.337 e. The molecule has 1 saturated carbocycles. The summed E-state index contributed by atoms with van der Waals surface area (Å²) in [4.78, 5) is 26.7. The second-order valence-corrected chi connectivity index (χ2v) is 11.2. The number of benzene rings is 1. The van der Waals surface area contributed by atoms with Gasteiger partial charge in [-0.3, -0.25) is 9.88 Å². The molecule has 1 saturated heterocycles. The van der Waals surface area contributed by atoms with Crippen molar-refractivity contribution >= 4 is 29.3 Å². The molecule has 6 rings (SSSR count). The molecule has 38 heavy (non-hydrogen) atoms. The van der Waals surface area contributed by atoms with Gasteiger partial charge in [-0.2, -0.15) is 0 Å². The van der Waals surface area contributed by atoms with Crippen LogP contribution in [-0.2, 0) is 13.5 Å². The predicted octanol–water partition coefficient (Wildman–Crippen LogP) is 5.31. The van der Waals surface area contributed by atoms with Crippen LogP contribution < -0.4 is 5.32 Å². The summed E-state index contributed by atoms with van der Waals surface area (Å²) >= 11 is 6.56. The van der Waals surface area contributed by atoms with Crippen molar-refractivity contribution in [1.29, 1.82) is 0 Å². The summed E-state index contributed by atoms with van der Waals surface area (Å²) in [5, 5.41) is 4.01. The summed E-state index contributed by atoms with van der Waals surface area (Å²) in [7, 11) is 2.03. The molecule has 2 amide bonds. The zero-order valence-electron chi connectivity index (χ0n) is 21.9. The molecule has 1 atom stereocenters. The van der Waals surface area contributed by atoms with E-state index in [1.165, 1.54) is 30.4 Å². The first-order valence-corrected chi connectivity index (χ1v) is 14.1. The molecule has 0 unspecified atom stereocenters. The van der Waals surface area contributed by atoms with Crippen LogP contribution in [0.4, 0.5) is 4.79 Å². The average Bonchev–Trinajstić information content (AvgIpc) is 3.29. The highest BCUT2D eigenvalue weighted by atomic mass is 35.5. The first-order chi connectivity index (χ1) is 18.6. The van der Waals surface area contributed by atoms with E-state index in [0.29, 0.717) is 19.1 Å². The molecule has 2 fully saturated rings. The number of carbonyl (C=O) groups is 1. The fourth-order valence-corrected chi connectivity index (χ4v) is 6.37. The molecule has 1 aliphatic heterocycles. The van der Waals surface area contributed by atoms with Crippen LogP contribution in [0.25, 0.3) is 11.6 Å². The Balaban J connectivity index is 1.28. The zero-order valence-corrected chi connectivity index (χ0v) is 22.7. The Morgan fingerprint density at radius 1 is 1.11 bits per heavy atom. The summed E-state index contributed by atoms with van der Waals surface area (Å²) in [5.74, 6) is 0. The van der Waals surface area contributed by atoms with Gasteiger partial charge in [0.25, 0.3) is 0 Å². The molecular weight excluding hydrogens is 496 g/mol. The highest BCUT2D eigenvalue weighted by Gasteiger charge is 2.34. The fourth-order valence-electron chi connectivity index (χ4n) is 6.20. The maximum Gasteiger partial charge on any atom is 0.317 e. The van der Waals surface area contributed by atoms with E-state index in [2.05, 4.69) is 44.0 Å². The molecule has 198 valence electrons. The molecule has 2 aliphatic carbocycles. The van der Waals surface area contributed by atoms with Crippen LogP contribution in [0.2, 0.25) is 5.02 Å². The number of aryl methyl sites for hydroxylation is 1. The predicted molar refractivity (Wildman–Crippen MR) is 151 cm³/mol. The summed E-state index contributed by atoms with van der Waals surface area (Å²) in [5.41, 5.74) is 6.88. The zero-order chi connectivity index (χ0) is 26.1. The number of fused-ring (bicyclic) bond motifs is 2. The Morgan fingerprint density at radius 3 is 2.68 bits per heavy atom. The third-order valence-electron chi connectivity index (χ3n) is 8.30. The maximum atomic E-state index is 13.0. The lowest BCUT2D eigenvalue weighted by Gasteiger charge is -2.40. The topological polar surface area (TPSA) is 66.3 Å². The molecule has 0 spiro atoms. The molecule has 3 aromatic rings. The molecule has 3 heterocycles. The number of nitrogens with one attached hydrogen (secondary N) is 1. The number of urea groups is 1. The van der Waals surface area contributed by atoms with E-state index in [9.17, 15) is 4.79 Å². The average molecular weight is 531 g/mol. The molecule has 7 nitrogen and oxygen atoms in total. The van der Waals surface area contributed by atoms with Crippen molar-refractivity contribution in [2.45, 2.75) is 50.6 Å². The molecule has 2 aromatic heterocycles. The van der Waals surface area contributed by atoms with Crippen LogP contribution in [0.15, 0.2) is 49.1 Å². The number of piperazine rings is 1.